The van der Waals surface area contributed by atoms with Crippen molar-refractivity contribution in [3.8, 4) is 0 Å². The van der Waals surface area contributed by atoms with Gasteiger partial charge in [0.1, 0.15) is 17.8 Å². The molecule has 0 saturated carbocycles. The van der Waals surface area contributed by atoms with Gasteiger partial charge in [-0.15, -0.1) is 0 Å². The van der Waals surface area contributed by atoms with Crippen LogP contribution in [0.15, 0.2) is 18.3 Å². The molecule has 3 heterocycles. The number of anilines is 2. The molecule has 2 aromatic heterocycles. The van der Waals surface area contributed by atoms with E-state index in [0.29, 0.717) is 11.7 Å². The van der Waals surface area contributed by atoms with Gasteiger partial charge in [0, 0.05) is 36.8 Å². The number of nitro groups is 1. The van der Waals surface area contributed by atoms with Gasteiger partial charge in [-0.3, -0.25) is 15.2 Å². The average Bonchev–Trinajstić information content (AvgIpc) is 2.94. The quantitative estimate of drug-likeness (QED) is 0.662. The molecule has 22 heavy (non-hydrogen) atoms. The van der Waals surface area contributed by atoms with Crippen molar-refractivity contribution in [1.29, 1.82) is 0 Å². The maximum absolute atomic E-state index is 10.8. The fourth-order valence-electron chi connectivity index (χ4n) is 2.95. The van der Waals surface area contributed by atoms with Crippen molar-refractivity contribution < 1.29 is 4.92 Å². The lowest BCUT2D eigenvalue weighted by Crippen LogP contribution is -2.34. The van der Waals surface area contributed by atoms with Crippen LogP contribution in [0.2, 0.25) is 0 Å². The predicted octanol–water partition coefficient (Wildman–Crippen LogP) is 1.99. The molecule has 0 bridgehead atoms. The van der Waals surface area contributed by atoms with Gasteiger partial charge in [0.25, 0.3) is 5.69 Å². The fraction of sp³-hybridized carbons (Fsp3) is 0.429. The van der Waals surface area contributed by atoms with Crippen LogP contribution in [0.3, 0.4) is 0 Å². The molecule has 1 fully saturated rings. The zero-order chi connectivity index (χ0) is 15.7. The largest absolute Gasteiger partial charge is 0.382 e. The van der Waals surface area contributed by atoms with E-state index < -0.39 is 4.92 Å². The Morgan fingerprint density at radius 1 is 1.41 bits per heavy atom. The summed E-state index contributed by atoms with van der Waals surface area (Å²) < 4.78 is 0. The third-order valence-electron chi connectivity index (χ3n) is 4.10. The second-order valence-corrected chi connectivity index (χ2v) is 5.60. The summed E-state index contributed by atoms with van der Waals surface area (Å²) in [5.41, 5.74) is 7.58. The molecule has 8 heteroatoms. The smallest absolute Gasteiger partial charge is 0.287 e. The van der Waals surface area contributed by atoms with Crippen LogP contribution in [-0.2, 0) is 0 Å². The van der Waals surface area contributed by atoms with Crippen molar-refractivity contribution in [2.45, 2.75) is 25.7 Å². The average molecular weight is 302 g/mol. The van der Waals surface area contributed by atoms with Gasteiger partial charge in [-0.25, -0.2) is 4.98 Å². The monoisotopic (exact) mass is 302 g/mol. The van der Waals surface area contributed by atoms with E-state index in [1.54, 1.807) is 6.07 Å². The number of H-pyrrole nitrogens is 1. The SMILES string of the molecule is Cc1cc([N+](=O)[O-])cnc1N1CCC(c2cc(N)n[nH]2)CC1. The molecule has 116 valence electrons. The summed E-state index contributed by atoms with van der Waals surface area (Å²) in [6.07, 6.45) is 3.27. The third kappa shape index (κ3) is 2.72. The zero-order valence-corrected chi connectivity index (χ0v) is 12.3. The molecule has 3 N–H and O–H groups in total. The van der Waals surface area contributed by atoms with E-state index in [4.69, 9.17) is 5.73 Å². The number of pyridine rings is 1. The number of nitrogens with zero attached hydrogens (tertiary/aromatic N) is 4. The van der Waals surface area contributed by atoms with Crippen LogP contribution in [0.5, 0.6) is 0 Å². The summed E-state index contributed by atoms with van der Waals surface area (Å²) in [7, 11) is 0. The number of aromatic nitrogens is 3. The highest BCUT2D eigenvalue weighted by atomic mass is 16.6. The molecular formula is C14H18N6O2. The number of nitrogens with two attached hydrogens (primary N) is 1. The van der Waals surface area contributed by atoms with Gasteiger partial charge in [-0.2, -0.15) is 5.10 Å². The van der Waals surface area contributed by atoms with Gasteiger partial charge in [0.05, 0.1) is 4.92 Å². The maximum atomic E-state index is 10.8. The van der Waals surface area contributed by atoms with Crippen molar-refractivity contribution in [1.82, 2.24) is 15.2 Å². The zero-order valence-electron chi connectivity index (χ0n) is 12.3. The Hall–Kier alpha value is -2.64. The molecule has 1 aliphatic rings. The number of piperidine rings is 1. The van der Waals surface area contributed by atoms with Gasteiger partial charge in [0.2, 0.25) is 0 Å². The van der Waals surface area contributed by atoms with Crippen LogP contribution in [0.25, 0.3) is 0 Å². The lowest BCUT2D eigenvalue weighted by molar-refractivity contribution is -0.385. The first-order valence-corrected chi connectivity index (χ1v) is 7.21. The minimum atomic E-state index is -0.418. The Kier molecular flexibility index (Phi) is 3.66. The van der Waals surface area contributed by atoms with E-state index in [0.717, 1.165) is 43.0 Å². The summed E-state index contributed by atoms with van der Waals surface area (Å²) >= 11 is 0. The Bertz CT molecular complexity index is 690. The first kappa shape index (κ1) is 14.3. The van der Waals surface area contributed by atoms with E-state index in [2.05, 4.69) is 20.1 Å². The third-order valence-corrected chi connectivity index (χ3v) is 4.10. The Balaban J connectivity index is 1.70. The molecule has 3 rings (SSSR count). The van der Waals surface area contributed by atoms with E-state index >= 15 is 0 Å². The molecule has 8 nitrogen and oxygen atoms in total. The predicted molar refractivity (Wildman–Crippen MR) is 82.8 cm³/mol. The van der Waals surface area contributed by atoms with Gasteiger partial charge < -0.3 is 10.6 Å². The summed E-state index contributed by atoms with van der Waals surface area (Å²) in [6, 6.07) is 3.46. The molecule has 0 amide bonds. The Labute approximate surface area is 127 Å². The number of aryl methyl sites for hydroxylation is 1. The lowest BCUT2D eigenvalue weighted by Gasteiger charge is -2.33. The van der Waals surface area contributed by atoms with Crippen LogP contribution < -0.4 is 10.6 Å². The van der Waals surface area contributed by atoms with Crippen molar-refractivity contribution >= 4 is 17.3 Å². The standard InChI is InChI=1S/C14H18N6O2/c1-9-6-11(20(21)22)8-16-14(9)19-4-2-10(3-5-19)12-7-13(15)18-17-12/h6-8,10H,2-5H2,1H3,(H3,15,17,18). The summed E-state index contributed by atoms with van der Waals surface area (Å²) in [4.78, 5) is 16.8. The highest BCUT2D eigenvalue weighted by Gasteiger charge is 2.24. The van der Waals surface area contributed by atoms with E-state index in [1.165, 1.54) is 6.20 Å². The van der Waals surface area contributed by atoms with Crippen molar-refractivity contribution in [3.05, 3.63) is 39.7 Å². The van der Waals surface area contributed by atoms with Gasteiger partial charge in [0.15, 0.2) is 0 Å². The molecule has 0 unspecified atom stereocenters. The minimum Gasteiger partial charge on any atom is -0.382 e. The van der Waals surface area contributed by atoms with Crippen molar-refractivity contribution in [3.63, 3.8) is 0 Å². The lowest BCUT2D eigenvalue weighted by atomic mass is 9.93. The summed E-state index contributed by atoms with van der Waals surface area (Å²) in [6.45, 7) is 3.57. The number of hydrogen-bond donors (Lipinski definition) is 2. The van der Waals surface area contributed by atoms with Crippen LogP contribution in [0, 0.1) is 17.0 Å². The molecule has 1 aliphatic heterocycles. The normalized spacial score (nSPS) is 16.0. The summed E-state index contributed by atoms with van der Waals surface area (Å²) in [5.74, 6) is 1.76. The second kappa shape index (κ2) is 5.63. The van der Waals surface area contributed by atoms with Gasteiger partial charge >= 0.3 is 0 Å². The Morgan fingerprint density at radius 2 is 2.14 bits per heavy atom. The highest BCUT2D eigenvalue weighted by Crippen LogP contribution is 2.31. The van der Waals surface area contributed by atoms with Crippen LogP contribution in [0.1, 0.15) is 30.0 Å². The molecule has 0 spiro atoms. The maximum Gasteiger partial charge on any atom is 0.287 e. The van der Waals surface area contributed by atoms with Crippen LogP contribution >= 0.6 is 0 Å². The Morgan fingerprint density at radius 3 is 2.68 bits per heavy atom. The molecule has 0 aliphatic carbocycles. The van der Waals surface area contributed by atoms with Gasteiger partial charge in [-0.05, 0) is 25.3 Å². The number of hydrogen-bond acceptors (Lipinski definition) is 6. The topological polar surface area (TPSA) is 114 Å². The first-order valence-electron chi connectivity index (χ1n) is 7.21. The van der Waals surface area contributed by atoms with Crippen LogP contribution in [-0.4, -0.2) is 33.2 Å². The van der Waals surface area contributed by atoms with E-state index in [-0.39, 0.29) is 5.69 Å². The minimum absolute atomic E-state index is 0.0315. The molecule has 0 radical (unpaired) electrons. The van der Waals surface area contributed by atoms with Gasteiger partial charge in [-0.1, -0.05) is 0 Å². The number of aromatic amines is 1. The highest BCUT2D eigenvalue weighted by molar-refractivity contribution is 5.51. The number of nitrogens with one attached hydrogen (secondary N) is 1. The van der Waals surface area contributed by atoms with Crippen LogP contribution in [0.4, 0.5) is 17.3 Å². The summed E-state index contributed by atoms with van der Waals surface area (Å²) in [5, 5.41) is 17.7. The van der Waals surface area contributed by atoms with Crippen molar-refractivity contribution in [2.75, 3.05) is 23.7 Å². The van der Waals surface area contributed by atoms with Crippen molar-refractivity contribution in [2.24, 2.45) is 0 Å². The molecule has 0 atom stereocenters. The first-order chi connectivity index (χ1) is 10.5. The van der Waals surface area contributed by atoms with E-state index in [1.807, 2.05) is 13.0 Å². The molecular weight excluding hydrogens is 284 g/mol. The van der Waals surface area contributed by atoms with E-state index in [9.17, 15) is 10.1 Å². The molecule has 0 aromatic carbocycles. The number of rotatable bonds is 3. The number of nitrogen functional groups attached to an aromatic ring is 1. The second-order valence-electron chi connectivity index (χ2n) is 5.60. The molecule has 1 saturated heterocycles. The molecule has 2 aromatic rings. The fourth-order valence-corrected chi connectivity index (χ4v) is 2.95.